The molecule has 2 N–H and O–H groups in total. The molecule has 2 aromatic carbocycles. The minimum absolute atomic E-state index is 0.188. The lowest BCUT2D eigenvalue weighted by Crippen LogP contribution is -2.30. The summed E-state index contributed by atoms with van der Waals surface area (Å²) < 4.78 is 62.3. The van der Waals surface area contributed by atoms with Crippen LogP contribution in [-0.2, 0) is 19.2 Å². The molecule has 0 atom stereocenters. The second-order valence-corrected chi connectivity index (χ2v) is 6.74. The molecule has 3 aromatic rings. The van der Waals surface area contributed by atoms with Crippen LogP contribution in [0, 0.1) is 23.3 Å². The lowest BCUT2D eigenvalue weighted by Gasteiger charge is -2.26. The molecule has 0 aliphatic carbocycles. The molecule has 1 heterocycles. The average Bonchev–Trinajstić information content (AvgIpc) is 3.00. The summed E-state index contributed by atoms with van der Waals surface area (Å²) in [5, 5.41) is 7.98. The van der Waals surface area contributed by atoms with Gasteiger partial charge in [0.2, 0.25) is 0 Å². The molecular formula is C19H18F4N4O. The van der Waals surface area contributed by atoms with E-state index in [2.05, 4.69) is 10.2 Å². The molecule has 0 amide bonds. The first-order valence-electron chi connectivity index (χ1n) is 8.36. The standard InChI is InChI=1S/C19H18F4N4O/c1-19(2,28-16-14(22)7-11(20)8-15(16)23)18-26-25-17(27(18)3)12-5-4-10(9-24)6-13(12)21/h4-8H,9,24H2,1-3H3. The van der Waals surface area contributed by atoms with Crippen LogP contribution in [0.25, 0.3) is 11.4 Å². The number of aromatic nitrogens is 3. The summed E-state index contributed by atoms with van der Waals surface area (Å²) in [5.74, 6) is -4.31. The van der Waals surface area contributed by atoms with Crippen LogP contribution in [0.2, 0.25) is 0 Å². The van der Waals surface area contributed by atoms with Crippen LogP contribution >= 0.6 is 0 Å². The van der Waals surface area contributed by atoms with E-state index >= 15 is 0 Å². The smallest absolute Gasteiger partial charge is 0.192 e. The first-order chi connectivity index (χ1) is 13.1. The summed E-state index contributed by atoms with van der Waals surface area (Å²) in [5.41, 5.74) is 4.96. The normalized spacial score (nSPS) is 11.7. The molecule has 148 valence electrons. The molecule has 0 saturated heterocycles. The zero-order chi connectivity index (χ0) is 20.6. The van der Waals surface area contributed by atoms with E-state index in [0.29, 0.717) is 17.7 Å². The first-order valence-corrected chi connectivity index (χ1v) is 8.36. The Morgan fingerprint density at radius 2 is 1.64 bits per heavy atom. The van der Waals surface area contributed by atoms with Crippen LogP contribution in [0.1, 0.15) is 25.2 Å². The van der Waals surface area contributed by atoms with Crippen LogP contribution in [0.3, 0.4) is 0 Å². The van der Waals surface area contributed by atoms with Crippen molar-refractivity contribution in [3.63, 3.8) is 0 Å². The van der Waals surface area contributed by atoms with Gasteiger partial charge in [0.1, 0.15) is 11.6 Å². The Bertz CT molecular complexity index is 1010. The summed E-state index contributed by atoms with van der Waals surface area (Å²) in [6.07, 6.45) is 0. The number of ether oxygens (including phenoxy) is 1. The molecule has 5 nitrogen and oxygen atoms in total. The van der Waals surface area contributed by atoms with E-state index in [1.807, 2.05) is 0 Å². The van der Waals surface area contributed by atoms with Gasteiger partial charge in [0, 0.05) is 25.7 Å². The molecule has 0 fully saturated rings. The van der Waals surface area contributed by atoms with Crippen molar-refractivity contribution < 1.29 is 22.3 Å². The highest BCUT2D eigenvalue weighted by molar-refractivity contribution is 5.57. The van der Waals surface area contributed by atoms with Gasteiger partial charge in [0.05, 0.1) is 5.56 Å². The van der Waals surface area contributed by atoms with Crippen molar-refractivity contribution >= 4 is 0 Å². The van der Waals surface area contributed by atoms with Crippen molar-refractivity contribution in [2.24, 2.45) is 12.8 Å². The molecule has 0 bridgehead atoms. The van der Waals surface area contributed by atoms with Crippen molar-refractivity contribution in [2.45, 2.75) is 26.0 Å². The molecule has 0 unspecified atom stereocenters. The fourth-order valence-corrected chi connectivity index (χ4v) is 2.88. The van der Waals surface area contributed by atoms with Crippen LogP contribution < -0.4 is 10.5 Å². The molecule has 0 aliphatic heterocycles. The number of nitrogens with zero attached hydrogens (tertiary/aromatic N) is 3. The minimum Gasteiger partial charge on any atom is -0.474 e. The van der Waals surface area contributed by atoms with E-state index in [9.17, 15) is 17.6 Å². The molecule has 0 spiro atoms. The maximum atomic E-state index is 14.4. The fourth-order valence-electron chi connectivity index (χ4n) is 2.88. The van der Waals surface area contributed by atoms with E-state index in [0.717, 1.165) is 0 Å². The summed E-state index contributed by atoms with van der Waals surface area (Å²) in [4.78, 5) is 0. The SMILES string of the molecule is Cn1c(-c2ccc(CN)cc2F)nnc1C(C)(C)Oc1c(F)cc(F)cc1F. The van der Waals surface area contributed by atoms with Gasteiger partial charge in [0.15, 0.2) is 34.6 Å². The molecule has 3 rings (SSSR count). The molecule has 1 aromatic heterocycles. The first kappa shape index (κ1) is 19.8. The third-order valence-corrected chi connectivity index (χ3v) is 4.24. The van der Waals surface area contributed by atoms with Crippen LogP contribution in [0.5, 0.6) is 5.75 Å². The monoisotopic (exact) mass is 394 g/mol. The van der Waals surface area contributed by atoms with Gasteiger partial charge in [-0.05, 0) is 31.5 Å². The van der Waals surface area contributed by atoms with E-state index < -0.39 is 34.6 Å². The highest BCUT2D eigenvalue weighted by Crippen LogP contribution is 2.32. The predicted molar refractivity (Wildman–Crippen MR) is 94.3 cm³/mol. The highest BCUT2D eigenvalue weighted by Gasteiger charge is 2.32. The van der Waals surface area contributed by atoms with Gasteiger partial charge in [-0.2, -0.15) is 0 Å². The number of hydrogen-bond acceptors (Lipinski definition) is 4. The van der Waals surface area contributed by atoms with Crippen LogP contribution in [-0.4, -0.2) is 14.8 Å². The quantitative estimate of drug-likeness (QED) is 0.669. The zero-order valence-corrected chi connectivity index (χ0v) is 15.4. The van der Waals surface area contributed by atoms with Crippen LogP contribution in [0.4, 0.5) is 17.6 Å². The van der Waals surface area contributed by atoms with Gasteiger partial charge in [-0.25, -0.2) is 17.6 Å². The lowest BCUT2D eigenvalue weighted by atomic mass is 10.1. The second-order valence-electron chi connectivity index (χ2n) is 6.74. The van der Waals surface area contributed by atoms with E-state index in [1.165, 1.54) is 30.5 Å². The minimum atomic E-state index is -1.35. The van der Waals surface area contributed by atoms with E-state index in [4.69, 9.17) is 10.5 Å². The second kappa shape index (κ2) is 7.23. The van der Waals surface area contributed by atoms with Gasteiger partial charge in [0.25, 0.3) is 0 Å². The Balaban J connectivity index is 1.99. The summed E-state index contributed by atoms with van der Waals surface area (Å²) >= 11 is 0. The topological polar surface area (TPSA) is 66.0 Å². The Hall–Kier alpha value is -2.94. The van der Waals surface area contributed by atoms with Crippen LogP contribution in [0.15, 0.2) is 30.3 Å². The number of nitrogens with two attached hydrogens (primary N) is 1. The Morgan fingerprint density at radius 1 is 1.00 bits per heavy atom. The van der Waals surface area contributed by atoms with Gasteiger partial charge in [-0.15, -0.1) is 10.2 Å². The maximum absolute atomic E-state index is 14.4. The summed E-state index contributed by atoms with van der Waals surface area (Å²) in [7, 11) is 1.57. The van der Waals surface area contributed by atoms with Gasteiger partial charge >= 0.3 is 0 Å². The number of rotatable bonds is 5. The van der Waals surface area contributed by atoms with Crippen molar-refractivity contribution in [1.82, 2.24) is 14.8 Å². The Morgan fingerprint density at radius 3 is 2.21 bits per heavy atom. The van der Waals surface area contributed by atoms with Gasteiger partial charge < -0.3 is 15.0 Å². The van der Waals surface area contributed by atoms with Gasteiger partial charge in [-0.1, -0.05) is 6.07 Å². The number of hydrogen-bond donors (Lipinski definition) is 1. The average molecular weight is 394 g/mol. The maximum Gasteiger partial charge on any atom is 0.192 e. The third-order valence-electron chi connectivity index (χ3n) is 4.24. The molecule has 0 aliphatic rings. The van der Waals surface area contributed by atoms with Crippen molar-refractivity contribution in [2.75, 3.05) is 0 Å². The zero-order valence-electron chi connectivity index (χ0n) is 15.4. The van der Waals surface area contributed by atoms with Crippen molar-refractivity contribution in [3.8, 4) is 17.1 Å². The molecular weight excluding hydrogens is 376 g/mol. The number of halogens is 4. The number of benzene rings is 2. The lowest BCUT2D eigenvalue weighted by molar-refractivity contribution is 0.0833. The Kier molecular flexibility index (Phi) is 5.12. The summed E-state index contributed by atoms with van der Waals surface area (Å²) in [6, 6.07) is 5.53. The third kappa shape index (κ3) is 3.57. The van der Waals surface area contributed by atoms with Gasteiger partial charge in [-0.3, -0.25) is 0 Å². The van der Waals surface area contributed by atoms with Crippen molar-refractivity contribution in [3.05, 3.63) is 65.0 Å². The van der Waals surface area contributed by atoms with E-state index in [-0.39, 0.29) is 23.8 Å². The Labute approximate surface area is 158 Å². The largest absolute Gasteiger partial charge is 0.474 e. The predicted octanol–water partition coefficient (Wildman–Crippen LogP) is 3.81. The van der Waals surface area contributed by atoms with Crippen molar-refractivity contribution in [1.29, 1.82) is 0 Å². The van der Waals surface area contributed by atoms with E-state index in [1.54, 1.807) is 13.1 Å². The summed E-state index contributed by atoms with van der Waals surface area (Å²) in [6.45, 7) is 3.21. The fraction of sp³-hybridized carbons (Fsp3) is 0.263. The highest BCUT2D eigenvalue weighted by atomic mass is 19.1. The molecule has 0 radical (unpaired) electrons. The molecule has 28 heavy (non-hydrogen) atoms. The molecule has 9 heteroatoms. The molecule has 0 saturated carbocycles.